The molecule has 0 heterocycles. The SMILES string of the molecule is O=C(/C=C/c1ccc([N+](=O)[O-])cc1)Oc1c(/C=N/NC(=O)c2cccc3ccccc23)cccc1[N+](=O)[O-]. The van der Waals surface area contributed by atoms with E-state index in [1.807, 2.05) is 24.3 Å². The molecule has 1 N–H and O–H groups in total. The molecule has 0 fully saturated rings. The highest BCUT2D eigenvalue weighted by Crippen LogP contribution is 2.30. The standard InChI is InChI=1S/C27H18N4O7/c32-25(16-13-18-11-14-21(15-12-18)30(34)35)38-26-20(7-4-10-24(26)31(36)37)17-28-29-27(33)23-9-3-6-19-5-1-2-8-22(19)23/h1-17H,(H,29,33)/b16-13+,28-17+. The van der Waals surface area contributed by atoms with E-state index in [9.17, 15) is 29.8 Å². The van der Waals surface area contributed by atoms with Crippen molar-refractivity contribution in [3.05, 3.63) is 128 Å². The van der Waals surface area contributed by atoms with Crippen LogP contribution in [0, 0.1) is 20.2 Å². The third kappa shape index (κ3) is 5.91. The van der Waals surface area contributed by atoms with Crippen LogP contribution in [0.4, 0.5) is 11.4 Å². The summed E-state index contributed by atoms with van der Waals surface area (Å²) in [5.41, 5.74) is 2.74. The first-order valence-corrected chi connectivity index (χ1v) is 11.1. The number of rotatable bonds is 8. The zero-order valence-electron chi connectivity index (χ0n) is 19.5. The lowest BCUT2D eigenvalue weighted by molar-refractivity contribution is -0.385. The molecular weight excluding hydrogens is 492 g/mol. The maximum atomic E-state index is 12.7. The monoisotopic (exact) mass is 510 g/mol. The summed E-state index contributed by atoms with van der Waals surface area (Å²) >= 11 is 0. The largest absolute Gasteiger partial charge is 0.415 e. The molecule has 4 rings (SSSR count). The zero-order chi connectivity index (χ0) is 27.1. The Morgan fingerprint density at radius 1 is 0.842 bits per heavy atom. The topological polar surface area (TPSA) is 154 Å². The smallest absolute Gasteiger partial charge is 0.336 e. The highest BCUT2D eigenvalue weighted by atomic mass is 16.6. The number of non-ortho nitro benzene ring substituents is 1. The van der Waals surface area contributed by atoms with Crippen LogP contribution in [0.15, 0.2) is 96.1 Å². The van der Waals surface area contributed by atoms with Crippen LogP contribution in [-0.2, 0) is 4.79 Å². The summed E-state index contributed by atoms with van der Waals surface area (Å²) in [6, 6.07) is 22.0. The van der Waals surface area contributed by atoms with Gasteiger partial charge in [-0.1, -0.05) is 42.5 Å². The minimum absolute atomic E-state index is 0.0782. The van der Waals surface area contributed by atoms with Gasteiger partial charge in [0.15, 0.2) is 0 Å². The summed E-state index contributed by atoms with van der Waals surface area (Å²) in [5, 5.41) is 27.8. The molecule has 11 heteroatoms. The fourth-order valence-electron chi connectivity index (χ4n) is 3.55. The lowest BCUT2D eigenvalue weighted by Gasteiger charge is -2.07. The molecule has 0 aliphatic rings. The minimum Gasteiger partial charge on any atom is -0.415 e. The maximum Gasteiger partial charge on any atom is 0.336 e. The lowest BCUT2D eigenvalue weighted by Crippen LogP contribution is -2.18. The second-order valence-electron chi connectivity index (χ2n) is 7.78. The third-order valence-electron chi connectivity index (χ3n) is 5.34. The van der Waals surface area contributed by atoms with Gasteiger partial charge in [-0.25, -0.2) is 10.2 Å². The van der Waals surface area contributed by atoms with Crippen LogP contribution in [0.25, 0.3) is 16.8 Å². The molecule has 0 saturated carbocycles. The number of nitrogens with one attached hydrogen (secondary N) is 1. The van der Waals surface area contributed by atoms with Crippen LogP contribution in [0.5, 0.6) is 5.75 Å². The Kier molecular flexibility index (Phi) is 7.58. The first-order valence-electron chi connectivity index (χ1n) is 11.1. The van der Waals surface area contributed by atoms with Gasteiger partial charge in [0.05, 0.1) is 16.1 Å². The molecule has 0 aromatic heterocycles. The second-order valence-corrected chi connectivity index (χ2v) is 7.78. The number of nitro benzene ring substituents is 2. The van der Waals surface area contributed by atoms with Crippen LogP contribution >= 0.6 is 0 Å². The number of carbonyl (C=O) groups excluding carboxylic acids is 2. The second kappa shape index (κ2) is 11.4. The van der Waals surface area contributed by atoms with Gasteiger partial charge in [-0.2, -0.15) is 5.10 Å². The van der Waals surface area contributed by atoms with Gasteiger partial charge in [-0.15, -0.1) is 0 Å². The predicted molar refractivity (Wildman–Crippen MR) is 140 cm³/mol. The van der Waals surface area contributed by atoms with E-state index >= 15 is 0 Å². The van der Waals surface area contributed by atoms with Gasteiger partial charge < -0.3 is 4.74 Å². The van der Waals surface area contributed by atoms with E-state index in [1.165, 1.54) is 42.5 Å². The Bertz CT molecular complexity index is 1610. The van der Waals surface area contributed by atoms with Crippen LogP contribution in [0.1, 0.15) is 21.5 Å². The maximum absolute atomic E-state index is 12.7. The molecule has 38 heavy (non-hydrogen) atoms. The van der Waals surface area contributed by atoms with Gasteiger partial charge in [-0.3, -0.25) is 25.0 Å². The zero-order valence-corrected chi connectivity index (χ0v) is 19.5. The average molecular weight is 510 g/mol. The van der Waals surface area contributed by atoms with Crippen molar-refractivity contribution in [3.63, 3.8) is 0 Å². The van der Waals surface area contributed by atoms with E-state index in [0.717, 1.165) is 29.1 Å². The van der Waals surface area contributed by atoms with Crippen LogP contribution in [0.3, 0.4) is 0 Å². The Balaban J connectivity index is 1.52. The van der Waals surface area contributed by atoms with Crippen molar-refractivity contribution < 1.29 is 24.2 Å². The molecule has 1 amide bonds. The number of hydrogen-bond donors (Lipinski definition) is 1. The minimum atomic E-state index is -0.924. The first-order chi connectivity index (χ1) is 18.3. The van der Waals surface area contributed by atoms with Gasteiger partial charge in [0.25, 0.3) is 11.6 Å². The average Bonchev–Trinajstić information content (AvgIpc) is 2.92. The molecule has 0 spiro atoms. The van der Waals surface area contributed by atoms with E-state index in [1.54, 1.807) is 18.2 Å². The fourth-order valence-corrected chi connectivity index (χ4v) is 3.55. The molecular formula is C27H18N4O7. The Morgan fingerprint density at radius 2 is 1.55 bits per heavy atom. The number of hydrogen-bond acceptors (Lipinski definition) is 8. The van der Waals surface area contributed by atoms with Crippen molar-refractivity contribution in [3.8, 4) is 5.75 Å². The van der Waals surface area contributed by atoms with Crippen LogP contribution in [-0.4, -0.2) is 27.9 Å². The van der Waals surface area contributed by atoms with Crippen molar-refractivity contribution in [1.82, 2.24) is 5.43 Å². The number of ether oxygens (including phenoxy) is 1. The quantitative estimate of drug-likeness (QED) is 0.0870. The molecule has 4 aromatic carbocycles. The van der Waals surface area contributed by atoms with Crippen molar-refractivity contribution in [2.24, 2.45) is 5.10 Å². The number of esters is 1. The van der Waals surface area contributed by atoms with E-state index in [2.05, 4.69) is 10.5 Å². The Hall–Kier alpha value is -5.71. The van der Waals surface area contributed by atoms with Gasteiger partial charge in [-0.05, 0) is 46.7 Å². The van der Waals surface area contributed by atoms with Crippen LogP contribution < -0.4 is 10.2 Å². The Morgan fingerprint density at radius 3 is 2.29 bits per heavy atom. The Labute approximate surface area is 215 Å². The molecule has 0 saturated heterocycles. The van der Waals surface area contributed by atoms with Gasteiger partial charge in [0, 0.05) is 35.4 Å². The van der Waals surface area contributed by atoms with Crippen molar-refractivity contribution in [2.75, 3.05) is 0 Å². The van der Waals surface area contributed by atoms with Gasteiger partial charge >= 0.3 is 11.7 Å². The van der Waals surface area contributed by atoms with Gasteiger partial charge in [0.1, 0.15) is 0 Å². The lowest BCUT2D eigenvalue weighted by atomic mass is 10.0. The third-order valence-corrected chi connectivity index (χ3v) is 5.34. The summed E-state index contributed by atoms with van der Waals surface area (Å²) in [4.78, 5) is 46.2. The molecule has 188 valence electrons. The number of amides is 1. The van der Waals surface area contributed by atoms with Crippen molar-refractivity contribution in [1.29, 1.82) is 0 Å². The molecule has 0 aliphatic carbocycles. The highest BCUT2D eigenvalue weighted by molar-refractivity contribution is 6.07. The number of hydrazone groups is 1. The number of nitrogens with zero attached hydrogens (tertiary/aromatic N) is 3. The predicted octanol–water partition coefficient (Wildman–Crippen LogP) is 5.04. The summed E-state index contributed by atoms with van der Waals surface area (Å²) in [7, 11) is 0. The fraction of sp³-hybridized carbons (Fsp3) is 0. The number of benzene rings is 4. The highest BCUT2D eigenvalue weighted by Gasteiger charge is 2.21. The summed E-state index contributed by atoms with van der Waals surface area (Å²) in [6.07, 6.45) is 3.51. The normalized spacial score (nSPS) is 11.1. The van der Waals surface area contributed by atoms with E-state index in [0.29, 0.717) is 11.1 Å². The summed E-state index contributed by atoms with van der Waals surface area (Å²) in [6.45, 7) is 0. The number of nitro groups is 2. The number of fused-ring (bicyclic) bond motifs is 1. The molecule has 11 nitrogen and oxygen atoms in total. The molecule has 0 unspecified atom stereocenters. The number of para-hydroxylation sites is 1. The molecule has 0 atom stereocenters. The summed E-state index contributed by atoms with van der Waals surface area (Å²) in [5.74, 6) is -1.78. The van der Waals surface area contributed by atoms with Crippen molar-refractivity contribution >= 4 is 46.3 Å². The molecule has 0 radical (unpaired) electrons. The van der Waals surface area contributed by atoms with Crippen molar-refractivity contribution in [2.45, 2.75) is 0 Å². The van der Waals surface area contributed by atoms with E-state index in [4.69, 9.17) is 4.74 Å². The van der Waals surface area contributed by atoms with Crippen LogP contribution in [0.2, 0.25) is 0 Å². The molecule has 0 aliphatic heterocycles. The molecule has 0 bridgehead atoms. The van der Waals surface area contributed by atoms with E-state index < -0.39 is 27.4 Å². The van der Waals surface area contributed by atoms with E-state index in [-0.39, 0.29) is 17.0 Å². The first kappa shape index (κ1) is 25.4. The molecule has 4 aromatic rings. The summed E-state index contributed by atoms with van der Waals surface area (Å²) < 4.78 is 5.24. The van der Waals surface area contributed by atoms with Gasteiger partial charge in [0.2, 0.25) is 5.75 Å². The number of carbonyl (C=O) groups is 2.